The highest BCUT2D eigenvalue weighted by atomic mass is 35.5. The number of hydrogen-bond acceptors (Lipinski definition) is 5. The number of rotatable bonds is 5. The molecule has 10 heteroatoms. The van der Waals surface area contributed by atoms with Gasteiger partial charge in [0.2, 0.25) is 0 Å². The first-order valence-corrected chi connectivity index (χ1v) is 7.16. The average molecular weight is 368 g/mol. The largest absolute Gasteiger partial charge is 0.482 e. The third-order valence-electron chi connectivity index (χ3n) is 2.92. The Morgan fingerprint density at radius 2 is 1.92 bits per heavy atom. The molecule has 0 saturated heterocycles. The zero-order valence-corrected chi connectivity index (χ0v) is 13.2. The Kier molecular flexibility index (Phi) is 5.85. The van der Waals surface area contributed by atoms with Gasteiger partial charge in [0, 0.05) is 12.1 Å². The summed E-state index contributed by atoms with van der Waals surface area (Å²) in [6, 6.07) is 8.74. The summed E-state index contributed by atoms with van der Waals surface area (Å²) >= 11 is 5.81. The lowest BCUT2D eigenvalue weighted by Gasteiger charge is -2.10. The number of carbonyl (C=O) groups is 2. The first-order valence-electron chi connectivity index (χ1n) is 6.79. The highest BCUT2D eigenvalue weighted by Crippen LogP contribution is 2.28. The van der Waals surface area contributed by atoms with E-state index >= 15 is 0 Å². The summed E-state index contributed by atoms with van der Waals surface area (Å²) in [5.41, 5.74) is 3.62. The van der Waals surface area contributed by atoms with Crippen LogP contribution in [0.15, 0.2) is 42.5 Å². The number of nitro groups is 1. The molecule has 0 bridgehead atoms. The Balaban J connectivity index is 1.86. The van der Waals surface area contributed by atoms with Gasteiger partial charge in [0.15, 0.2) is 6.61 Å². The quantitative estimate of drug-likeness (QED) is 0.622. The lowest BCUT2D eigenvalue weighted by Crippen LogP contribution is -2.44. The van der Waals surface area contributed by atoms with Gasteiger partial charge in [-0.2, -0.15) is 0 Å². The molecule has 130 valence electrons. The van der Waals surface area contributed by atoms with E-state index in [2.05, 4.69) is 0 Å². The smallest absolute Gasteiger partial charge is 0.276 e. The molecule has 2 amide bonds. The van der Waals surface area contributed by atoms with Crippen LogP contribution in [0, 0.1) is 15.9 Å². The number of halogens is 2. The Bertz CT molecular complexity index is 831. The second-order valence-corrected chi connectivity index (χ2v) is 5.05. The number of benzene rings is 2. The van der Waals surface area contributed by atoms with Crippen molar-refractivity contribution in [3.8, 4) is 5.75 Å². The summed E-state index contributed by atoms with van der Waals surface area (Å²) in [7, 11) is 0. The maximum absolute atomic E-state index is 13.4. The number of nitrogens with zero attached hydrogens (tertiary/aromatic N) is 1. The zero-order chi connectivity index (χ0) is 18.4. The molecular weight excluding hydrogens is 357 g/mol. The predicted octanol–water partition coefficient (Wildman–Crippen LogP) is 2.23. The first kappa shape index (κ1) is 18.1. The molecule has 25 heavy (non-hydrogen) atoms. The van der Waals surface area contributed by atoms with Crippen molar-refractivity contribution in [1.29, 1.82) is 0 Å². The summed E-state index contributed by atoms with van der Waals surface area (Å²) in [5.74, 6) is -2.25. The Morgan fingerprint density at radius 1 is 1.20 bits per heavy atom. The van der Waals surface area contributed by atoms with E-state index < -0.39 is 29.2 Å². The normalized spacial score (nSPS) is 10.0. The van der Waals surface area contributed by atoms with Crippen molar-refractivity contribution < 1.29 is 23.6 Å². The lowest BCUT2D eigenvalue weighted by molar-refractivity contribution is -0.384. The number of amides is 2. The topological polar surface area (TPSA) is 111 Å². The van der Waals surface area contributed by atoms with Crippen LogP contribution in [0.5, 0.6) is 5.75 Å². The van der Waals surface area contributed by atoms with Crippen LogP contribution in [-0.4, -0.2) is 23.3 Å². The van der Waals surface area contributed by atoms with Crippen LogP contribution in [0.4, 0.5) is 10.1 Å². The van der Waals surface area contributed by atoms with Gasteiger partial charge in [-0.05, 0) is 18.2 Å². The standard InChI is InChI=1S/C15H11ClFN3O5/c16-11-7-9(20(23)24)5-6-13(11)25-8-14(21)18-19-15(22)10-3-1-2-4-12(10)17/h1-7H,8H2,(H,18,21)(H,19,22). The van der Waals surface area contributed by atoms with Gasteiger partial charge in [0.05, 0.1) is 15.5 Å². The first-order chi connectivity index (χ1) is 11.9. The van der Waals surface area contributed by atoms with E-state index in [0.717, 1.165) is 12.1 Å². The fourth-order valence-corrected chi connectivity index (χ4v) is 1.97. The van der Waals surface area contributed by atoms with Gasteiger partial charge in [-0.25, -0.2) is 4.39 Å². The molecule has 0 aliphatic heterocycles. The van der Waals surface area contributed by atoms with Crippen molar-refractivity contribution in [2.75, 3.05) is 6.61 Å². The molecule has 0 fully saturated rings. The predicted molar refractivity (Wildman–Crippen MR) is 85.6 cm³/mol. The zero-order valence-electron chi connectivity index (χ0n) is 12.5. The van der Waals surface area contributed by atoms with Gasteiger partial charge in [-0.3, -0.25) is 30.6 Å². The van der Waals surface area contributed by atoms with Crippen LogP contribution in [0.2, 0.25) is 5.02 Å². The fourth-order valence-electron chi connectivity index (χ4n) is 1.74. The van der Waals surface area contributed by atoms with Gasteiger partial charge in [-0.15, -0.1) is 0 Å². The minimum Gasteiger partial charge on any atom is -0.482 e. The molecular formula is C15H11ClFN3O5. The summed E-state index contributed by atoms with van der Waals surface area (Å²) < 4.78 is 18.5. The summed E-state index contributed by atoms with van der Waals surface area (Å²) in [5, 5.41) is 10.6. The van der Waals surface area contributed by atoms with Crippen molar-refractivity contribution in [3.63, 3.8) is 0 Å². The van der Waals surface area contributed by atoms with Gasteiger partial charge in [0.25, 0.3) is 17.5 Å². The minimum atomic E-state index is -0.834. The third kappa shape index (κ3) is 4.88. The maximum atomic E-state index is 13.4. The molecule has 8 nitrogen and oxygen atoms in total. The highest BCUT2D eigenvalue weighted by Gasteiger charge is 2.13. The molecule has 2 N–H and O–H groups in total. The summed E-state index contributed by atoms with van der Waals surface area (Å²) in [4.78, 5) is 33.3. The van der Waals surface area contributed by atoms with Crippen molar-refractivity contribution in [3.05, 3.63) is 69.0 Å². The van der Waals surface area contributed by atoms with Crippen molar-refractivity contribution >= 4 is 29.1 Å². The number of nitro benzene ring substituents is 1. The number of hydrogen-bond donors (Lipinski definition) is 2. The molecule has 0 spiro atoms. The highest BCUT2D eigenvalue weighted by molar-refractivity contribution is 6.32. The SMILES string of the molecule is O=C(COc1ccc([N+](=O)[O-])cc1Cl)NNC(=O)c1ccccc1F. The monoisotopic (exact) mass is 367 g/mol. The molecule has 0 radical (unpaired) electrons. The number of nitrogens with one attached hydrogen (secondary N) is 2. The van der Waals surface area contributed by atoms with Crippen LogP contribution in [0.1, 0.15) is 10.4 Å². The van der Waals surface area contributed by atoms with Crippen molar-refractivity contribution in [2.45, 2.75) is 0 Å². The van der Waals surface area contributed by atoms with Crippen LogP contribution in [-0.2, 0) is 4.79 Å². The van der Waals surface area contributed by atoms with Crippen molar-refractivity contribution in [1.82, 2.24) is 10.9 Å². The van der Waals surface area contributed by atoms with Crippen LogP contribution in [0.3, 0.4) is 0 Å². The average Bonchev–Trinajstić information content (AvgIpc) is 2.58. The minimum absolute atomic E-state index is 0.0441. The Hall–Kier alpha value is -3.20. The molecule has 0 aliphatic rings. The molecule has 0 heterocycles. The molecule has 0 aromatic heterocycles. The Morgan fingerprint density at radius 3 is 2.56 bits per heavy atom. The van der Waals surface area contributed by atoms with Gasteiger partial charge >= 0.3 is 0 Å². The second kappa shape index (κ2) is 8.06. The number of ether oxygens (including phenoxy) is 1. The van der Waals surface area contributed by atoms with Gasteiger partial charge in [-0.1, -0.05) is 23.7 Å². The van der Waals surface area contributed by atoms with Gasteiger partial charge in [0.1, 0.15) is 11.6 Å². The van der Waals surface area contributed by atoms with E-state index in [1.54, 1.807) is 0 Å². The molecule has 0 aliphatic carbocycles. The lowest BCUT2D eigenvalue weighted by atomic mass is 10.2. The van der Waals surface area contributed by atoms with E-state index in [1.807, 2.05) is 10.9 Å². The van der Waals surface area contributed by atoms with Crippen LogP contribution in [0.25, 0.3) is 0 Å². The molecule has 0 unspecified atom stereocenters. The van der Waals surface area contributed by atoms with E-state index in [0.29, 0.717) is 0 Å². The number of carbonyl (C=O) groups excluding carboxylic acids is 2. The fraction of sp³-hybridized carbons (Fsp3) is 0.0667. The molecule has 0 saturated carbocycles. The maximum Gasteiger partial charge on any atom is 0.276 e. The van der Waals surface area contributed by atoms with E-state index in [9.17, 15) is 24.1 Å². The number of hydrazine groups is 1. The van der Waals surface area contributed by atoms with Crippen LogP contribution < -0.4 is 15.6 Å². The van der Waals surface area contributed by atoms with E-state index in [4.69, 9.17) is 16.3 Å². The van der Waals surface area contributed by atoms with E-state index in [-0.39, 0.29) is 22.0 Å². The van der Waals surface area contributed by atoms with Crippen molar-refractivity contribution in [2.24, 2.45) is 0 Å². The summed E-state index contributed by atoms with van der Waals surface area (Å²) in [6.45, 7) is -0.519. The molecule has 0 atom stereocenters. The summed E-state index contributed by atoms with van der Waals surface area (Å²) in [6.07, 6.45) is 0. The Labute approximate surface area is 145 Å². The van der Waals surface area contributed by atoms with Crippen LogP contribution >= 0.6 is 11.6 Å². The molecule has 2 rings (SSSR count). The van der Waals surface area contributed by atoms with E-state index in [1.165, 1.54) is 30.3 Å². The number of non-ortho nitro benzene ring substituents is 1. The van der Waals surface area contributed by atoms with Gasteiger partial charge < -0.3 is 4.74 Å². The molecule has 2 aromatic rings. The second-order valence-electron chi connectivity index (χ2n) is 4.64. The third-order valence-corrected chi connectivity index (χ3v) is 3.21. The molecule has 2 aromatic carbocycles.